The molecule has 0 aliphatic carbocycles. The van der Waals surface area contributed by atoms with E-state index in [9.17, 15) is 43.2 Å². The molecule has 0 aliphatic rings. The summed E-state index contributed by atoms with van der Waals surface area (Å²) in [5.41, 5.74) is 0. The summed E-state index contributed by atoms with van der Waals surface area (Å²) in [5.74, 6) is 0.759. The molecule has 0 saturated heterocycles. The zero-order valence-electron chi connectivity index (χ0n) is 54.5. The lowest BCUT2D eigenvalue weighted by Gasteiger charge is -2.21. The third-order valence-electron chi connectivity index (χ3n) is 15.2. The van der Waals surface area contributed by atoms with Gasteiger partial charge in [-0.15, -0.1) is 0 Å². The normalized spacial score (nSPS) is 14.7. The van der Waals surface area contributed by atoms with Crippen molar-refractivity contribution in [1.29, 1.82) is 0 Å². The molecule has 0 amide bonds. The molecule has 0 aromatic heterocycles. The predicted octanol–water partition coefficient (Wildman–Crippen LogP) is 17.8. The lowest BCUT2D eigenvalue weighted by atomic mass is 10.00. The summed E-state index contributed by atoms with van der Waals surface area (Å²) in [6, 6.07) is 0. The Morgan fingerprint density at radius 3 is 0.845 bits per heavy atom. The van der Waals surface area contributed by atoms with Crippen LogP contribution in [0, 0.1) is 23.7 Å². The van der Waals surface area contributed by atoms with Crippen molar-refractivity contribution in [3.8, 4) is 0 Å². The van der Waals surface area contributed by atoms with Crippen molar-refractivity contribution in [2.24, 2.45) is 23.7 Å². The summed E-state index contributed by atoms with van der Waals surface area (Å²) in [6.45, 7) is 13.9. The van der Waals surface area contributed by atoms with Gasteiger partial charge in [0.05, 0.1) is 26.4 Å². The molecule has 0 rings (SSSR count). The topological polar surface area (TPSA) is 237 Å². The Morgan fingerprint density at radius 2 is 0.571 bits per heavy atom. The standard InChI is InChI=1S/C65H126O17P2/c1-9-58(8)44-36-28-22-24-30-38-46-63(68)76-52-61(82-65(70)48-40-32-20-16-12-14-18-26-34-42-56(4)5)54-80-84(73,74)78-50-59(66)49-77-83(71,72)79-53-60(51-75-62(67)45-37-29-23-21-27-35-43-57(6)7)81-64(69)47-39-31-19-15-11-10-13-17-25-33-41-55(2)3/h55-61,66H,9-54H2,1-8H3,(H,71,72)(H,73,74)/t58?,59-,60-,61-/m1/s1. The van der Waals surface area contributed by atoms with Crippen molar-refractivity contribution in [1.82, 2.24) is 0 Å². The van der Waals surface area contributed by atoms with Crippen molar-refractivity contribution in [3.63, 3.8) is 0 Å². The quantitative estimate of drug-likeness (QED) is 0.0222. The molecule has 0 fully saturated rings. The fourth-order valence-electron chi connectivity index (χ4n) is 9.57. The number of aliphatic hydroxyl groups excluding tert-OH is 1. The predicted molar refractivity (Wildman–Crippen MR) is 335 cm³/mol. The number of rotatable bonds is 62. The number of hydrogen-bond donors (Lipinski definition) is 3. The average molecular weight is 1240 g/mol. The van der Waals surface area contributed by atoms with E-state index in [1.807, 2.05) is 0 Å². The van der Waals surface area contributed by atoms with Crippen LogP contribution in [0.3, 0.4) is 0 Å². The molecular formula is C65H126O17P2. The van der Waals surface area contributed by atoms with Crippen LogP contribution < -0.4 is 0 Å². The number of carbonyl (C=O) groups is 4. The first-order chi connectivity index (χ1) is 40.1. The second-order valence-electron chi connectivity index (χ2n) is 25.2. The van der Waals surface area contributed by atoms with E-state index < -0.39 is 97.5 Å². The number of hydrogen-bond acceptors (Lipinski definition) is 15. The Hall–Kier alpha value is -1.94. The van der Waals surface area contributed by atoms with E-state index in [4.69, 9.17) is 37.0 Å². The SMILES string of the molecule is CCC(C)CCCCCCCCC(=O)OC[C@H](COP(=O)(O)OC[C@H](O)COP(=O)(O)OC[C@@H](COC(=O)CCCCCCCCC(C)C)OC(=O)CCCCCCCCCCCCC(C)C)OC(=O)CCCCCCCCCCCC(C)C. The molecule has 3 N–H and O–H groups in total. The molecule has 84 heavy (non-hydrogen) atoms. The highest BCUT2D eigenvalue weighted by Crippen LogP contribution is 2.45. The van der Waals surface area contributed by atoms with Gasteiger partial charge in [0.15, 0.2) is 12.2 Å². The van der Waals surface area contributed by atoms with Crippen LogP contribution in [0.25, 0.3) is 0 Å². The van der Waals surface area contributed by atoms with E-state index in [-0.39, 0.29) is 25.7 Å². The lowest BCUT2D eigenvalue weighted by molar-refractivity contribution is -0.161. The second kappa shape index (κ2) is 55.2. The van der Waals surface area contributed by atoms with Crippen molar-refractivity contribution < 1.29 is 80.2 Å². The highest BCUT2D eigenvalue weighted by Gasteiger charge is 2.30. The van der Waals surface area contributed by atoms with Crippen LogP contribution in [-0.4, -0.2) is 96.7 Å². The molecule has 0 heterocycles. The maximum absolute atomic E-state index is 13.0. The first kappa shape index (κ1) is 82.1. The second-order valence-corrected chi connectivity index (χ2v) is 28.1. The number of phosphoric acid groups is 2. The molecule has 19 heteroatoms. The summed E-state index contributed by atoms with van der Waals surface area (Å²) in [6.07, 6.45) is 35.0. The molecule has 0 spiro atoms. The van der Waals surface area contributed by atoms with Gasteiger partial charge in [-0.2, -0.15) is 0 Å². The third kappa shape index (κ3) is 57.8. The van der Waals surface area contributed by atoms with E-state index in [1.54, 1.807) is 0 Å². The van der Waals surface area contributed by atoms with Gasteiger partial charge in [-0.05, 0) is 49.4 Å². The lowest BCUT2D eigenvalue weighted by Crippen LogP contribution is -2.30. The molecule has 0 aliphatic heterocycles. The van der Waals surface area contributed by atoms with Gasteiger partial charge in [0, 0.05) is 25.7 Å². The van der Waals surface area contributed by atoms with Gasteiger partial charge in [-0.25, -0.2) is 9.13 Å². The van der Waals surface area contributed by atoms with Crippen molar-refractivity contribution in [2.45, 2.75) is 331 Å². The Bertz CT molecular complexity index is 1680. The van der Waals surface area contributed by atoms with Gasteiger partial charge < -0.3 is 33.8 Å². The number of esters is 4. The molecular weight excluding hydrogens is 1110 g/mol. The molecule has 0 saturated carbocycles. The van der Waals surface area contributed by atoms with Gasteiger partial charge >= 0.3 is 39.5 Å². The number of carbonyl (C=O) groups excluding carboxylic acids is 4. The van der Waals surface area contributed by atoms with E-state index in [2.05, 4.69) is 55.4 Å². The first-order valence-corrected chi connectivity index (χ1v) is 36.7. The van der Waals surface area contributed by atoms with Crippen LogP contribution in [0.4, 0.5) is 0 Å². The minimum Gasteiger partial charge on any atom is -0.462 e. The summed E-state index contributed by atoms with van der Waals surface area (Å²) < 4.78 is 68.0. The van der Waals surface area contributed by atoms with Gasteiger partial charge in [0.25, 0.3) is 0 Å². The first-order valence-electron chi connectivity index (χ1n) is 33.7. The summed E-state index contributed by atoms with van der Waals surface area (Å²) in [4.78, 5) is 72.2. The number of unbranched alkanes of at least 4 members (excludes halogenated alkanes) is 27. The third-order valence-corrected chi connectivity index (χ3v) is 17.1. The van der Waals surface area contributed by atoms with Crippen LogP contribution >= 0.6 is 15.6 Å². The molecule has 0 radical (unpaired) electrons. The van der Waals surface area contributed by atoms with E-state index in [0.29, 0.717) is 31.6 Å². The fourth-order valence-corrected chi connectivity index (χ4v) is 11.2. The maximum Gasteiger partial charge on any atom is 0.472 e. The van der Waals surface area contributed by atoms with Crippen LogP contribution in [0.15, 0.2) is 0 Å². The maximum atomic E-state index is 13.0. The summed E-state index contributed by atoms with van der Waals surface area (Å²) in [7, 11) is -9.89. The van der Waals surface area contributed by atoms with Gasteiger partial charge in [-0.1, -0.05) is 261 Å². The molecule has 0 bridgehead atoms. The fraction of sp³-hybridized carbons (Fsp3) is 0.938. The Balaban J connectivity index is 5.26. The molecule has 0 aromatic carbocycles. The van der Waals surface area contributed by atoms with Crippen molar-refractivity contribution in [2.75, 3.05) is 39.6 Å². The van der Waals surface area contributed by atoms with E-state index in [0.717, 1.165) is 120 Å². The zero-order chi connectivity index (χ0) is 62.5. The van der Waals surface area contributed by atoms with Crippen molar-refractivity contribution >= 4 is 39.5 Å². The molecule has 3 unspecified atom stereocenters. The minimum absolute atomic E-state index is 0.104. The number of phosphoric ester groups is 2. The minimum atomic E-state index is -4.95. The Labute approximate surface area is 511 Å². The van der Waals surface area contributed by atoms with E-state index in [1.165, 1.54) is 103 Å². The molecule has 498 valence electrons. The Morgan fingerprint density at radius 1 is 0.333 bits per heavy atom. The van der Waals surface area contributed by atoms with Crippen LogP contribution in [0.2, 0.25) is 0 Å². The van der Waals surface area contributed by atoms with Crippen molar-refractivity contribution in [3.05, 3.63) is 0 Å². The zero-order valence-corrected chi connectivity index (χ0v) is 56.3. The summed E-state index contributed by atoms with van der Waals surface area (Å²) in [5, 5.41) is 10.5. The Kier molecular flexibility index (Phi) is 53.9. The van der Waals surface area contributed by atoms with E-state index >= 15 is 0 Å². The molecule has 0 aromatic rings. The monoisotopic (exact) mass is 1240 g/mol. The average Bonchev–Trinajstić information content (AvgIpc) is 3.46. The number of ether oxygens (including phenoxy) is 4. The smallest absolute Gasteiger partial charge is 0.462 e. The van der Waals surface area contributed by atoms with Gasteiger partial charge in [-0.3, -0.25) is 37.3 Å². The summed E-state index contributed by atoms with van der Waals surface area (Å²) >= 11 is 0. The van der Waals surface area contributed by atoms with Crippen LogP contribution in [0.5, 0.6) is 0 Å². The van der Waals surface area contributed by atoms with Gasteiger partial charge in [0.1, 0.15) is 19.3 Å². The number of aliphatic hydroxyl groups is 1. The van der Waals surface area contributed by atoms with Gasteiger partial charge in [0.2, 0.25) is 0 Å². The largest absolute Gasteiger partial charge is 0.472 e. The highest BCUT2D eigenvalue weighted by molar-refractivity contribution is 7.47. The van der Waals surface area contributed by atoms with Crippen LogP contribution in [0.1, 0.15) is 312 Å². The highest BCUT2D eigenvalue weighted by atomic mass is 31.2. The van der Waals surface area contributed by atoms with Crippen LogP contribution in [-0.2, 0) is 65.4 Å². The molecule has 6 atom stereocenters. The molecule has 17 nitrogen and oxygen atoms in total.